The first-order chi connectivity index (χ1) is 8.16. The summed E-state index contributed by atoms with van der Waals surface area (Å²) in [6, 6.07) is 3.82. The first-order valence-corrected chi connectivity index (χ1v) is 6.77. The van der Waals surface area contributed by atoms with Gasteiger partial charge in [-0.05, 0) is 38.4 Å². The molecule has 17 heavy (non-hydrogen) atoms. The van der Waals surface area contributed by atoms with Crippen LogP contribution in [0.15, 0.2) is 22.8 Å². The van der Waals surface area contributed by atoms with Crippen LogP contribution in [0.4, 0.5) is 0 Å². The van der Waals surface area contributed by atoms with Crippen molar-refractivity contribution in [2.24, 2.45) is 0 Å². The Morgan fingerprint density at radius 2 is 2.59 bits per heavy atom. The lowest BCUT2D eigenvalue weighted by Gasteiger charge is -2.23. The van der Waals surface area contributed by atoms with Crippen LogP contribution < -0.4 is 5.32 Å². The van der Waals surface area contributed by atoms with Crippen LogP contribution in [-0.2, 0) is 10.5 Å². The van der Waals surface area contributed by atoms with Crippen molar-refractivity contribution >= 4 is 17.7 Å². The molecule has 2 unspecified atom stereocenters. The van der Waals surface area contributed by atoms with Gasteiger partial charge in [0.05, 0.1) is 12.0 Å². The van der Waals surface area contributed by atoms with E-state index in [1.54, 1.807) is 25.1 Å². The summed E-state index contributed by atoms with van der Waals surface area (Å²) >= 11 is 1.78. The lowest BCUT2D eigenvalue weighted by molar-refractivity contribution is -0.144. The number of nitrogens with one attached hydrogen (secondary N) is 1. The van der Waals surface area contributed by atoms with Crippen molar-refractivity contribution in [1.29, 1.82) is 0 Å². The predicted octanol–water partition coefficient (Wildman–Crippen LogP) is 2.11. The van der Waals surface area contributed by atoms with E-state index in [1.165, 1.54) is 0 Å². The van der Waals surface area contributed by atoms with Crippen molar-refractivity contribution in [1.82, 2.24) is 5.32 Å². The zero-order chi connectivity index (χ0) is 12.3. The minimum absolute atomic E-state index is 0.392. The van der Waals surface area contributed by atoms with Gasteiger partial charge >= 0.3 is 5.97 Å². The second-order valence-electron chi connectivity index (χ2n) is 4.39. The molecule has 1 aromatic rings. The summed E-state index contributed by atoms with van der Waals surface area (Å²) in [6.45, 7) is 0. The van der Waals surface area contributed by atoms with Crippen LogP contribution in [0.3, 0.4) is 0 Å². The van der Waals surface area contributed by atoms with Gasteiger partial charge in [0.2, 0.25) is 0 Å². The van der Waals surface area contributed by atoms with E-state index < -0.39 is 11.5 Å². The molecule has 1 aliphatic rings. The Labute approximate surface area is 105 Å². The molecule has 0 amide bonds. The first-order valence-electron chi connectivity index (χ1n) is 5.72. The van der Waals surface area contributed by atoms with Crippen molar-refractivity contribution in [3.8, 4) is 0 Å². The van der Waals surface area contributed by atoms with Crippen molar-refractivity contribution in [3.63, 3.8) is 0 Å². The largest absolute Gasteiger partial charge is 0.480 e. The van der Waals surface area contributed by atoms with Crippen molar-refractivity contribution in [2.45, 2.75) is 35.8 Å². The topological polar surface area (TPSA) is 62.5 Å². The zero-order valence-electron chi connectivity index (χ0n) is 9.81. The molecule has 2 atom stereocenters. The Morgan fingerprint density at radius 1 is 1.76 bits per heavy atom. The summed E-state index contributed by atoms with van der Waals surface area (Å²) in [5.41, 5.74) is -0.721. The molecule has 1 saturated carbocycles. The molecule has 4 nitrogen and oxygen atoms in total. The molecule has 0 radical (unpaired) electrons. The second kappa shape index (κ2) is 5.14. The average Bonchev–Trinajstić information content (AvgIpc) is 2.96. The summed E-state index contributed by atoms with van der Waals surface area (Å²) in [5.74, 6) is 1.03. The highest BCUT2D eigenvalue weighted by molar-refractivity contribution is 7.99. The molecule has 1 heterocycles. The number of thioether (sulfide) groups is 1. The SMILES string of the molecule is CNC1(C(=O)O)CCC(SCc2ccco2)C1. The number of aliphatic carboxylic acids is 1. The van der Waals surface area contributed by atoms with Gasteiger partial charge in [0.25, 0.3) is 0 Å². The molecule has 0 saturated heterocycles. The highest BCUT2D eigenvalue weighted by Crippen LogP contribution is 2.38. The van der Waals surface area contributed by atoms with Gasteiger partial charge in [-0.1, -0.05) is 0 Å². The molecule has 0 bridgehead atoms. The van der Waals surface area contributed by atoms with Crippen LogP contribution in [0.2, 0.25) is 0 Å². The average molecular weight is 255 g/mol. The van der Waals surface area contributed by atoms with Crippen LogP contribution >= 0.6 is 11.8 Å². The summed E-state index contributed by atoms with van der Waals surface area (Å²) in [4.78, 5) is 11.2. The van der Waals surface area contributed by atoms with E-state index >= 15 is 0 Å². The molecule has 1 fully saturated rings. The minimum atomic E-state index is -0.735. The smallest absolute Gasteiger partial charge is 0.323 e. The van der Waals surface area contributed by atoms with Crippen LogP contribution in [0.1, 0.15) is 25.0 Å². The number of carboxylic acids is 1. The van der Waals surface area contributed by atoms with Gasteiger partial charge in [-0.15, -0.1) is 0 Å². The van der Waals surface area contributed by atoms with Crippen molar-refractivity contribution in [3.05, 3.63) is 24.2 Å². The summed E-state index contributed by atoms with van der Waals surface area (Å²) in [7, 11) is 1.73. The van der Waals surface area contributed by atoms with Gasteiger partial charge in [-0.2, -0.15) is 11.8 Å². The number of carbonyl (C=O) groups is 1. The highest BCUT2D eigenvalue weighted by atomic mass is 32.2. The Hall–Kier alpha value is -0.940. The molecular formula is C12H17NO3S. The third-order valence-corrected chi connectivity index (χ3v) is 4.72. The van der Waals surface area contributed by atoms with E-state index in [9.17, 15) is 9.90 Å². The number of furan rings is 1. The van der Waals surface area contributed by atoms with Crippen LogP contribution in [0.25, 0.3) is 0 Å². The number of carboxylic acid groups (broad SMARTS) is 1. The van der Waals surface area contributed by atoms with Gasteiger partial charge < -0.3 is 14.8 Å². The minimum Gasteiger partial charge on any atom is -0.480 e. The molecule has 94 valence electrons. The summed E-state index contributed by atoms with van der Waals surface area (Å²) < 4.78 is 5.27. The van der Waals surface area contributed by atoms with Crippen LogP contribution in [0.5, 0.6) is 0 Å². The summed E-state index contributed by atoms with van der Waals surface area (Å²) in [5, 5.41) is 12.6. The lowest BCUT2D eigenvalue weighted by atomic mass is 9.99. The molecule has 0 aromatic carbocycles. The van der Waals surface area contributed by atoms with Gasteiger partial charge in [0.1, 0.15) is 11.3 Å². The molecule has 0 aliphatic heterocycles. The highest BCUT2D eigenvalue weighted by Gasteiger charge is 2.44. The molecule has 2 N–H and O–H groups in total. The molecular weight excluding hydrogens is 238 g/mol. The number of rotatable bonds is 5. The maximum Gasteiger partial charge on any atom is 0.323 e. The fraction of sp³-hybridized carbons (Fsp3) is 0.583. The molecule has 1 aromatic heterocycles. The quantitative estimate of drug-likeness (QED) is 0.843. The summed E-state index contributed by atoms with van der Waals surface area (Å²) in [6.07, 6.45) is 4.00. The fourth-order valence-corrected chi connectivity index (χ4v) is 3.52. The zero-order valence-corrected chi connectivity index (χ0v) is 10.6. The first kappa shape index (κ1) is 12.5. The standard InChI is InChI=1S/C12H17NO3S/c1-13-12(11(14)15)5-4-10(7-12)17-8-9-3-2-6-16-9/h2-3,6,10,13H,4-5,7-8H2,1H3,(H,14,15). The Bertz CT molecular complexity index is 379. The third kappa shape index (κ3) is 2.66. The maximum atomic E-state index is 11.2. The Kier molecular flexibility index (Phi) is 3.79. The van der Waals surface area contributed by atoms with E-state index in [-0.39, 0.29) is 0 Å². The van der Waals surface area contributed by atoms with Crippen LogP contribution in [-0.4, -0.2) is 28.9 Å². The molecule has 1 aliphatic carbocycles. The normalized spacial score (nSPS) is 28.4. The number of hydrogen-bond acceptors (Lipinski definition) is 4. The predicted molar refractivity (Wildman–Crippen MR) is 67.1 cm³/mol. The molecule has 5 heteroatoms. The molecule has 2 rings (SSSR count). The van der Waals surface area contributed by atoms with Gasteiger partial charge in [0, 0.05) is 5.25 Å². The fourth-order valence-electron chi connectivity index (χ4n) is 2.27. The maximum absolute atomic E-state index is 11.2. The third-order valence-electron chi connectivity index (χ3n) is 3.40. The van der Waals surface area contributed by atoms with E-state index in [0.29, 0.717) is 18.1 Å². The van der Waals surface area contributed by atoms with Crippen LogP contribution in [0, 0.1) is 0 Å². The van der Waals surface area contributed by atoms with Gasteiger partial charge in [-0.3, -0.25) is 4.79 Å². The van der Waals surface area contributed by atoms with E-state index in [0.717, 1.165) is 17.9 Å². The number of hydrogen-bond donors (Lipinski definition) is 2. The molecule has 0 spiro atoms. The monoisotopic (exact) mass is 255 g/mol. The second-order valence-corrected chi connectivity index (χ2v) is 5.68. The van der Waals surface area contributed by atoms with Gasteiger partial charge in [-0.25, -0.2) is 0 Å². The Balaban J connectivity index is 1.87. The Morgan fingerprint density at radius 3 is 3.12 bits per heavy atom. The van der Waals surface area contributed by atoms with Gasteiger partial charge in [0.15, 0.2) is 0 Å². The van der Waals surface area contributed by atoms with E-state index in [1.807, 2.05) is 12.1 Å². The van der Waals surface area contributed by atoms with E-state index in [2.05, 4.69) is 5.32 Å². The number of likely N-dealkylation sites (N-methyl/N-ethyl adjacent to an activating group) is 1. The van der Waals surface area contributed by atoms with Crippen molar-refractivity contribution < 1.29 is 14.3 Å². The lowest BCUT2D eigenvalue weighted by Crippen LogP contribution is -2.48. The van der Waals surface area contributed by atoms with E-state index in [4.69, 9.17) is 4.42 Å². The van der Waals surface area contributed by atoms with Crippen molar-refractivity contribution in [2.75, 3.05) is 7.05 Å².